The van der Waals surface area contributed by atoms with Crippen LogP contribution in [0.3, 0.4) is 0 Å². The topological polar surface area (TPSA) is 86.5 Å². The Morgan fingerprint density at radius 2 is 2.07 bits per heavy atom. The molecule has 0 unspecified atom stereocenters. The number of hydrogen-bond acceptors (Lipinski definition) is 4. The molecular formula is C20H19N5OS. The van der Waals surface area contributed by atoms with Gasteiger partial charge in [0.1, 0.15) is 0 Å². The van der Waals surface area contributed by atoms with E-state index in [-0.39, 0.29) is 12.3 Å². The summed E-state index contributed by atoms with van der Waals surface area (Å²) >= 11 is 5.31. The molecule has 0 spiro atoms. The highest BCUT2D eigenvalue weighted by molar-refractivity contribution is 7.71. The molecular weight excluding hydrogens is 358 g/mol. The van der Waals surface area contributed by atoms with Gasteiger partial charge >= 0.3 is 0 Å². The van der Waals surface area contributed by atoms with Crippen molar-refractivity contribution in [2.45, 2.75) is 26.3 Å². The number of nitrogens with one attached hydrogen (secondary N) is 2. The van der Waals surface area contributed by atoms with E-state index in [0.717, 1.165) is 22.5 Å². The lowest BCUT2D eigenvalue weighted by Gasteiger charge is -2.09. The number of aryl methyl sites for hydroxylation is 1. The highest BCUT2D eigenvalue weighted by atomic mass is 32.1. The maximum Gasteiger partial charge on any atom is 0.226 e. The molecule has 3 aromatic rings. The van der Waals surface area contributed by atoms with E-state index < -0.39 is 0 Å². The van der Waals surface area contributed by atoms with Crippen molar-refractivity contribution in [3.8, 4) is 17.5 Å². The van der Waals surface area contributed by atoms with Gasteiger partial charge in [-0.05, 0) is 42.9 Å². The number of anilines is 1. The molecule has 0 saturated carbocycles. The summed E-state index contributed by atoms with van der Waals surface area (Å²) in [6.07, 6.45) is 0.626. The Labute approximate surface area is 162 Å². The van der Waals surface area contributed by atoms with Crippen LogP contribution in [-0.4, -0.2) is 20.7 Å². The third kappa shape index (κ3) is 4.68. The average molecular weight is 377 g/mol. The zero-order chi connectivity index (χ0) is 19.2. The Balaban J connectivity index is 1.66. The number of hydrogen-bond donors (Lipinski definition) is 2. The molecule has 27 heavy (non-hydrogen) atoms. The van der Waals surface area contributed by atoms with Gasteiger partial charge in [-0.25, -0.2) is 0 Å². The molecule has 3 rings (SSSR count). The van der Waals surface area contributed by atoms with Gasteiger partial charge in [-0.1, -0.05) is 35.9 Å². The van der Waals surface area contributed by atoms with Gasteiger partial charge in [0.2, 0.25) is 5.91 Å². The number of H-pyrrole nitrogens is 1. The van der Waals surface area contributed by atoms with Crippen LogP contribution in [0.1, 0.15) is 17.5 Å². The molecule has 0 fully saturated rings. The number of aromatic amines is 1. The van der Waals surface area contributed by atoms with Gasteiger partial charge in [-0.2, -0.15) is 10.4 Å². The first-order valence-corrected chi connectivity index (χ1v) is 8.95. The van der Waals surface area contributed by atoms with Crippen molar-refractivity contribution in [2.24, 2.45) is 0 Å². The Hall–Kier alpha value is -3.24. The lowest BCUT2D eigenvalue weighted by Crippen LogP contribution is -2.15. The number of carbonyl (C=O) groups excluding carboxylic acids is 1. The molecule has 0 aliphatic heterocycles. The van der Waals surface area contributed by atoms with E-state index in [1.807, 2.05) is 47.9 Å². The minimum absolute atomic E-state index is 0.110. The van der Waals surface area contributed by atoms with E-state index >= 15 is 0 Å². The summed E-state index contributed by atoms with van der Waals surface area (Å²) < 4.78 is 2.32. The summed E-state index contributed by atoms with van der Waals surface area (Å²) in [6.45, 7) is 2.45. The van der Waals surface area contributed by atoms with Crippen LogP contribution in [0.4, 0.5) is 5.69 Å². The number of nitriles is 1. The van der Waals surface area contributed by atoms with Crippen molar-refractivity contribution in [3.63, 3.8) is 0 Å². The minimum atomic E-state index is -0.110. The maximum absolute atomic E-state index is 12.3. The quantitative estimate of drug-likeness (QED) is 0.636. The molecule has 136 valence electrons. The average Bonchev–Trinajstić information content (AvgIpc) is 3.02. The molecule has 0 atom stereocenters. The number of carbonyl (C=O) groups is 1. The molecule has 0 saturated heterocycles. The number of amides is 1. The van der Waals surface area contributed by atoms with Gasteiger partial charge < -0.3 is 5.32 Å². The van der Waals surface area contributed by atoms with Crippen molar-refractivity contribution >= 4 is 23.8 Å². The second-order valence-corrected chi connectivity index (χ2v) is 6.59. The Morgan fingerprint density at radius 1 is 1.30 bits per heavy atom. The molecule has 1 heterocycles. The fraction of sp³-hybridized carbons (Fsp3) is 0.200. The van der Waals surface area contributed by atoms with Crippen molar-refractivity contribution in [2.75, 3.05) is 5.32 Å². The summed E-state index contributed by atoms with van der Waals surface area (Å²) in [6, 6.07) is 17.4. The second-order valence-electron chi connectivity index (χ2n) is 6.20. The highest BCUT2D eigenvalue weighted by Gasteiger charge is 2.11. The van der Waals surface area contributed by atoms with E-state index in [0.29, 0.717) is 23.4 Å². The van der Waals surface area contributed by atoms with E-state index in [9.17, 15) is 4.79 Å². The first kappa shape index (κ1) is 18.5. The van der Waals surface area contributed by atoms with E-state index in [1.165, 1.54) is 0 Å². The van der Waals surface area contributed by atoms with Crippen molar-refractivity contribution in [3.05, 3.63) is 64.4 Å². The maximum atomic E-state index is 12.3. The molecule has 0 radical (unpaired) electrons. The first-order chi connectivity index (χ1) is 13.1. The zero-order valence-electron chi connectivity index (χ0n) is 14.9. The molecule has 0 aliphatic carbocycles. The highest BCUT2D eigenvalue weighted by Crippen LogP contribution is 2.19. The van der Waals surface area contributed by atoms with Gasteiger partial charge in [-0.3, -0.25) is 14.5 Å². The molecule has 7 heteroatoms. The summed E-state index contributed by atoms with van der Waals surface area (Å²) in [5.74, 6) is 0.610. The zero-order valence-corrected chi connectivity index (χ0v) is 15.7. The third-order valence-electron chi connectivity index (χ3n) is 4.12. The molecule has 0 aliphatic rings. The minimum Gasteiger partial charge on any atom is -0.326 e. The van der Waals surface area contributed by atoms with Crippen LogP contribution >= 0.6 is 12.2 Å². The molecule has 2 aromatic carbocycles. The second kappa shape index (κ2) is 8.43. The van der Waals surface area contributed by atoms with Crippen LogP contribution in [-0.2, 0) is 17.8 Å². The van der Waals surface area contributed by atoms with Gasteiger partial charge in [0.25, 0.3) is 0 Å². The monoisotopic (exact) mass is 377 g/mol. The lowest BCUT2D eigenvalue weighted by atomic mass is 10.1. The van der Waals surface area contributed by atoms with Gasteiger partial charge in [0.05, 0.1) is 12.5 Å². The van der Waals surface area contributed by atoms with Crippen molar-refractivity contribution in [1.29, 1.82) is 5.26 Å². The van der Waals surface area contributed by atoms with Gasteiger partial charge in [-0.15, -0.1) is 0 Å². The Bertz CT molecular complexity index is 1040. The molecule has 6 nitrogen and oxygen atoms in total. The number of rotatable bonds is 6. The third-order valence-corrected chi connectivity index (χ3v) is 4.43. The summed E-state index contributed by atoms with van der Waals surface area (Å²) in [5, 5.41) is 18.7. The van der Waals surface area contributed by atoms with E-state index in [4.69, 9.17) is 17.5 Å². The lowest BCUT2D eigenvalue weighted by molar-refractivity contribution is -0.116. The van der Waals surface area contributed by atoms with Crippen LogP contribution in [0.5, 0.6) is 0 Å². The summed E-state index contributed by atoms with van der Waals surface area (Å²) in [5.41, 5.74) is 3.71. The fourth-order valence-electron chi connectivity index (χ4n) is 2.76. The smallest absolute Gasteiger partial charge is 0.226 e. The molecule has 1 aromatic heterocycles. The van der Waals surface area contributed by atoms with Gasteiger partial charge in [0.15, 0.2) is 10.6 Å². The van der Waals surface area contributed by atoms with Crippen LogP contribution in [0, 0.1) is 23.0 Å². The predicted molar refractivity (Wildman–Crippen MR) is 107 cm³/mol. The number of benzene rings is 2. The van der Waals surface area contributed by atoms with Crippen molar-refractivity contribution in [1.82, 2.24) is 14.8 Å². The standard InChI is InChI=1S/C20H19N5OS/c1-14-3-2-4-16(13-14)19-23-24-20(27)25(19)12-10-18(26)22-17-7-5-15(6-8-17)9-11-21/h2-8,13H,9-10,12H2,1H3,(H,22,26)(H,24,27). The summed E-state index contributed by atoms with van der Waals surface area (Å²) in [4.78, 5) is 12.3. The molecule has 0 bridgehead atoms. The van der Waals surface area contributed by atoms with Crippen molar-refractivity contribution < 1.29 is 4.79 Å². The van der Waals surface area contributed by atoms with Crippen LogP contribution in [0.15, 0.2) is 48.5 Å². The molecule has 1 amide bonds. The first-order valence-electron chi connectivity index (χ1n) is 8.55. The number of nitrogens with zero attached hydrogens (tertiary/aromatic N) is 3. The van der Waals surface area contributed by atoms with Crippen LogP contribution in [0.25, 0.3) is 11.4 Å². The number of aromatic nitrogens is 3. The van der Waals surface area contributed by atoms with E-state index in [2.05, 4.69) is 21.6 Å². The normalized spacial score (nSPS) is 10.4. The molecule has 2 N–H and O–H groups in total. The van der Waals surface area contributed by atoms with Gasteiger partial charge in [0, 0.05) is 24.2 Å². The fourth-order valence-corrected chi connectivity index (χ4v) is 2.99. The van der Waals surface area contributed by atoms with Crippen LogP contribution < -0.4 is 5.32 Å². The Kier molecular flexibility index (Phi) is 5.79. The van der Waals surface area contributed by atoms with E-state index in [1.54, 1.807) is 12.1 Å². The predicted octanol–water partition coefficient (Wildman–Crippen LogP) is 4.01. The SMILES string of the molecule is Cc1cccc(-c2n[nH]c(=S)n2CCC(=O)Nc2ccc(CC#N)cc2)c1. The van der Waals surface area contributed by atoms with Crippen LogP contribution in [0.2, 0.25) is 0 Å². The Morgan fingerprint density at radius 3 is 2.78 bits per heavy atom. The largest absolute Gasteiger partial charge is 0.326 e. The summed E-state index contributed by atoms with van der Waals surface area (Å²) in [7, 11) is 0.